The molecule has 1 heterocycles. The normalized spacial score (nSPS) is 11.1. The van der Waals surface area contributed by atoms with E-state index in [9.17, 15) is 22.9 Å². The van der Waals surface area contributed by atoms with Gasteiger partial charge in [-0.15, -0.1) is 0 Å². The van der Waals surface area contributed by atoms with Gasteiger partial charge in [0.1, 0.15) is 16.5 Å². The third-order valence-electron chi connectivity index (χ3n) is 2.38. The highest BCUT2D eigenvalue weighted by molar-refractivity contribution is 14.1. The Hall–Kier alpha value is -1.82. The minimum Gasteiger partial charge on any atom is -0.263 e. The Morgan fingerprint density at radius 2 is 2.00 bits per heavy atom. The predicted octanol–water partition coefficient (Wildman–Crippen LogP) is 2.53. The Labute approximate surface area is 132 Å². The SMILES string of the molecule is O=[N+]([O-])c1ccc(F)c(S(=O)(=O)Nc2ccc(I)cn2)c1. The lowest BCUT2D eigenvalue weighted by molar-refractivity contribution is -0.385. The maximum Gasteiger partial charge on any atom is 0.271 e. The van der Waals surface area contributed by atoms with E-state index < -0.39 is 31.3 Å². The zero-order valence-corrected chi connectivity index (χ0v) is 13.1. The predicted molar refractivity (Wildman–Crippen MR) is 80.8 cm³/mol. The zero-order chi connectivity index (χ0) is 15.6. The molecule has 1 aromatic carbocycles. The molecule has 0 saturated carbocycles. The van der Waals surface area contributed by atoms with Crippen LogP contribution >= 0.6 is 22.6 Å². The van der Waals surface area contributed by atoms with Gasteiger partial charge in [0.25, 0.3) is 15.7 Å². The second kappa shape index (κ2) is 5.89. The second-order valence-electron chi connectivity index (χ2n) is 3.84. The molecule has 0 fully saturated rings. The number of aromatic nitrogens is 1. The fraction of sp³-hybridized carbons (Fsp3) is 0. The van der Waals surface area contributed by atoms with Gasteiger partial charge in [-0.25, -0.2) is 17.8 Å². The van der Waals surface area contributed by atoms with Gasteiger partial charge < -0.3 is 0 Å². The first-order chi connectivity index (χ1) is 9.79. The van der Waals surface area contributed by atoms with E-state index in [0.29, 0.717) is 6.07 Å². The highest BCUT2D eigenvalue weighted by Gasteiger charge is 2.23. The van der Waals surface area contributed by atoms with Crippen molar-refractivity contribution in [2.45, 2.75) is 4.90 Å². The number of benzene rings is 1. The number of pyridine rings is 1. The summed E-state index contributed by atoms with van der Waals surface area (Å²) in [6, 6.07) is 5.28. The molecule has 0 radical (unpaired) electrons. The molecule has 110 valence electrons. The van der Waals surface area contributed by atoms with Gasteiger partial charge in [0.15, 0.2) is 0 Å². The molecule has 0 spiro atoms. The summed E-state index contributed by atoms with van der Waals surface area (Å²) in [6.07, 6.45) is 1.42. The fourth-order valence-electron chi connectivity index (χ4n) is 1.44. The summed E-state index contributed by atoms with van der Waals surface area (Å²) >= 11 is 1.99. The molecule has 1 N–H and O–H groups in total. The van der Waals surface area contributed by atoms with Gasteiger partial charge in [0, 0.05) is 21.9 Å². The van der Waals surface area contributed by atoms with Crippen LogP contribution in [0, 0.1) is 19.5 Å². The fourth-order valence-corrected chi connectivity index (χ4v) is 2.87. The summed E-state index contributed by atoms with van der Waals surface area (Å²) in [6.45, 7) is 0. The minimum absolute atomic E-state index is 0.0127. The van der Waals surface area contributed by atoms with Crippen LogP contribution in [0.1, 0.15) is 0 Å². The number of nitro groups is 1. The molecule has 10 heteroatoms. The first-order valence-corrected chi connectivity index (χ1v) is 7.94. The van der Waals surface area contributed by atoms with Crippen molar-refractivity contribution in [1.82, 2.24) is 4.98 Å². The van der Waals surface area contributed by atoms with E-state index in [1.165, 1.54) is 12.3 Å². The third-order valence-corrected chi connectivity index (χ3v) is 4.39. The topological polar surface area (TPSA) is 102 Å². The van der Waals surface area contributed by atoms with Crippen molar-refractivity contribution in [2.24, 2.45) is 0 Å². The van der Waals surface area contributed by atoms with Crippen LogP contribution in [0.15, 0.2) is 41.4 Å². The largest absolute Gasteiger partial charge is 0.271 e. The number of hydrogen-bond acceptors (Lipinski definition) is 5. The van der Waals surface area contributed by atoms with Crippen molar-refractivity contribution in [3.8, 4) is 0 Å². The van der Waals surface area contributed by atoms with Crippen molar-refractivity contribution in [2.75, 3.05) is 4.72 Å². The van der Waals surface area contributed by atoms with Gasteiger partial charge in [-0.1, -0.05) is 0 Å². The number of halogens is 2. The van der Waals surface area contributed by atoms with Crippen LogP contribution in [-0.2, 0) is 10.0 Å². The molecule has 0 saturated heterocycles. The molecule has 7 nitrogen and oxygen atoms in total. The van der Waals surface area contributed by atoms with E-state index in [2.05, 4.69) is 9.71 Å². The Balaban J connectivity index is 2.41. The van der Waals surface area contributed by atoms with Crippen molar-refractivity contribution in [3.63, 3.8) is 0 Å². The highest BCUT2D eigenvalue weighted by atomic mass is 127. The van der Waals surface area contributed by atoms with Crippen molar-refractivity contribution >= 4 is 44.1 Å². The molecular formula is C11H7FIN3O4S. The van der Waals surface area contributed by atoms with E-state index >= 15 is 0 Å². The third kappa shape index (κ3) is 3.64. The Morgan fingerprint density at radius 1 is 1.29 bits per heavy atom. The lowest BCUT2D eigenvalue weighted by Crippen LogP contribution is -2.15. The molecule has 0 unspecified atom stereocenters. The number of nitrogens with one attached hydrogen (secondary N) is 1. The summed E-state index contributed by atoms with van der Waals surface area (Å²) in [5.74, 6) is -1.10. The monoisotopic (exact) mass is 423 g/mol. The van der Waals surface area contributed by atoms with Crippen LogP contribution in [0.2, 0.25) is 0 Å². The number of nitrogens with zero attached hydrogens (tertiary/aromatic N) is 2. The number of non-ortho nitro benzene ring substituents is 1. The van der Waals surface area contributed by atoms with Crippen LogP contribution in [0.4, 0.5) is 15.9 Å². The van der Waals surface area contributed by atoms with Gasteiger partial charge in [-0.3, -0.25) is 14.8 Å². The molecule has 21 heavy (non-hydrogen) atoms. The Kier molecular flexibility index (Phi) is 4.37. The maximum absolute atomic E-state index is 13.6. The van der Waals surface area contributed by atoms with Crippen LogP contribution in [-0.4, -0.2) is 18.3 Å². The summed E-state index contributed by atoms with van der Waals surface area (Å²) in [4.78, 5) is 12.9. The lowest BCUT2D eigenvalue weighted by atomic mass is 10.3. The molecule has 2 aromatic rings. The van der Waals surface area contributed by atoms with E-state index in [1.807, 2.05) is 22.6 Å². The molecule has 0 amide bonds. The summed E-state index contributed by atoms with van der Waals surface area (Å²) in [5, 5.41) is 10.6. The van der Waals surface area contributed by atoms with Crippen LogP contribution in [0.25, 0.3) is 0 Å². The van der Waals surface area contributed by atoms with Crippen molar-refractivity contribution < 1.29 is 17.7 Å². The molecule has 0 aliphatic rings. The van der Waals surface area contributed by atoms with Crippen LogP contribution < -0.4 is 4.72 Å². The van der Waals surface area contributed by atoms with Gasteiger partial charge in [-0.05, 0) is 40.8 Å². The zero-order valence-electron chi connectivity index (χ0n) is 10.2. The number of hydrogen-bond donors (Lipinski definition) is 1. The first-order valence-electron chi connectivity index (χ1n) is 5.38. The number of sulfonamides is 1. The molecule has 0 bridgehead atoms. The highest BCUT2D eigenvalue weighted by Crippen LogP contribution is 2.23. The summed E-state index contributed by atoms with van der Waals surface area (Å²) < 4.78 is 40.6. The number of nitro benzene ring substituents is 1. The second-order valence-corrected chi connectivity index (χ2v) is 6.74. The molecular weight excluding hydrogens is 416 g/mol. The smallest absolute Gasteiger partial charge is 0.263 e. The number of anilines is 1. The van der Waals surface area contributed by atoms with Gasteiger partial charge in [0.2, 0.25) is 0 Å². The quantitative estimate of drug-likeness (QED) is 0.463. The molecule has 0 aliphatic carbocycles. The van der Waals surface area contributed by atoms with Gasteiger partial charge in [-0.2, -0.15) is 0 Å². The first kappa shape index (κ1) is 15.6. The van der Waals surface area contributed by atoms with E-state index in [-0.39, 0.29) is 5.82 Å². The Bertz CT molecular complexity index is 796. The van der Waals surface area contributed by atoms with Crippen LogP contribution in [0.5, 0.6) is 0 Å². The van der Waals surface area contributed by atoms with Crippen molar-refractivity contribution in [1.29, 1.82) is 0 Å². The van der Waals surface area contributed by atoms with Crippen LogP contribution in [0.3, 0.4) is 0 Å². The summed E-state index contributed by atoms with van der Waals surface area (Å²) in [7, 11) is -4.31. The maximum atomic E-state index is 13.6. The molecule has 0 atom stereocenters. The summed E-state index contributed by atoms with van der Waals surface area (Å²) in [5.41, 5.74) is -0.521. The van der Waals surface area contributed by atoms with Gasteiger partial charge >= 0.3 is 0 Å². The Morgan fingerprint density at radius 3 is 2.57 bits per heavy atom. The molecule has 0 aliphatic heterocycles. The van der Waals surface area contributed by atoms with Gasteiger partial charge in [0.05, 0.1) is 4.92 Å². The molecule has 2 rings (SSSR count). The molecule has 1 aromatic heterocycles. The average molecular weight is 423 g/mol. The van der Waals surface area contributed by atoms with E-state index in [4.69, 9.17) is 0 Å². The van der Waals surface area contributed by atoms with E-state index in [0.717, 1.165) is 15.7 Å². The van der Waals surface area contributed by atoms with Crippen molar-refractivity contribution in [3.05, 3.63) is 56.0 Å². The van der Waals surface area contributed by atoms with E-state index in [1.54, 1.807) is 6.07 Å². The lowest BCUT2D eigenvalue weighted by Gasteiger charge is -2.08. The average Bonchev–Trinajstić information content (AvgIpc) is 2.41. The number of rotatable bonds is 4. The standard InChI is InChI=1S/C11H7FIN3O4S/c12-9-3-2-8(16(17)18)5-10(9)21(19,20)15-11-4-1-7(13)6-14-11/h1-6H,(H,14,15). The minimum atomic E-state index is -4.31.